The van der Waals surface area contributed by atoms with Gasteiger partial charge in [0.15, 0.2) is 0 Å². The quantitative estimate of drug-likeness (QED) is 0.696. The molecule has 2 aromatic rings. The van der Waals surface area contributed by atoms with E-state index in [9.17, 15) is 9.59 Å². The zero-order chi connectivity index (χ0) is 20.3. The van der Waals surface area contributed by atoms with Crippen molar-refractivity contribution in [2.75, 3.05) is 28.6 Å². The standard InChI is InChI=1S/C23H29N3O2/c1-5-26(6-2)19-11-9-18(10-12-19)24-21(27)23(13-14-23)22(28)25-20-15-16(3)7-8-17(20)4/h7-12,15H,5-6,13-14H2,1-4H3,(H,24,27)(H,25,28). The number of hydrogen-bond donors (Lipinski definition) is 2. The van der Waals surface area contributed by atoms with Gasteiger partial charge in [0.25, 0.3) is 0 Å². The van der Waals surface area contributed by atoms with E-state index in [1.54, 1.807) is 0 Å². The molecule has 0 bridgehead atoms. The molecule has 2 N–H and O–H groups in total. The Morgan fingerprint density at radius 3 is 2.11 bits per heavy atom. The molecule has 3 rings (SSSR count). The molecular weight excluding hydrogens is 350 g/mol. The summed E-state index contributed by atoms with van der Waals surface area (Å²) in [6, 6.07) is 13.7. The lowest BCUT2D eigenvalue weighted by molar-refractivity contribution is -0.131. The highest BCUT2D eigenvalue weighted by molar-refractivity contribution is 6.17. The van der Waals surface area contributed by atoms with Crippen LogP contribution >= 0.6 is 0 Å². The van der Waals surface area contributed by atoms with Crippen LogP contribution in [0.3, 0.4) is 0 Å². The van der Waals surface area contributed by atoms with Crippen LogP contribution in [0.1, 0.15) is 37.8 Å². The minimum atomic E-state index is -0.965. The summed E-state index contributed by atoms with van der Waals surface area (Å²) in [4.78, 5) is 27.9. The zero-order valence-corrected chi connectivity index (χ0v) is 17.1. The molecule has 1 saturated carbocycles. The van der Waals surface area contributed by atoms with Crippen LogP contribution in [0.25, 0.3) is 0 Å². The van der Waals surface area contributed by atoms with Crippen LogP contribution in [0.4, 0.5) is 17.1 Å². The molecule has 0 atom stereocenters. The van der Waals surface area contributed by atoms with Gasteiger partial charge in [0.2, 0.25) is 11.8 Å². The average molecular weight is 380 g/mol. The molecule has 1 aliphatic carbocycles. The molecule has 148 valence electrons. The number of hydrogen-bond acceptors (Lipinski definition) is 3. The Labute approximate surface area is 167 Å². The topological polar surface area (TPSA) is 61.4 Å². The summed E-state index contributed by atoms with van der Waals surface area (Å²) in [7, 11) is 0. The summed E-state index contributed by atoms with van der Waals surface area (Å²) in [5.74, 6) is -0.454. The third-order valence-corrected chi connectivity index (χ3v) is 5.51. The van der Waals surface area contributed by atoms with E-state index >= 15 is 0 Å². The lowest BCUT2D eigenvalue weighted by atomic mass is 10.0. The first kappa shape index (κ1) is 19.9. The molecule has 2 aromatic carbocycles. The van der Waals surface area contributed by atoms with Gasteiger partial charge in [-0.05, 0) is 82.0 Å². The number of benzene rings is 2. The first-order chi connectivity index (χ1) is 13.4. The third kappa shape index (κ3) is 4.03. The molecule has 1 aliphatic rings. The maximum absolute atomic E-state index is 12.8. The summed E-state index contributed by atoms with van der Waals surface area (Å²) >= 11 is 0. The van der Waals surface area contributed by atoms with Crippen molar-refractivity contribution in [3.8, 4) is 0 Å². The number of carbonyl (C=O) groups excluding carboxylic acids is 2. The van der Waals surface area contributed by atoms with Crippen molar-refractivity contribution in [1.82, 2.24) is 0 Å². The predicted molar refractivity (Wildman–Crippen MR) is 115 cm³/mol. The first-order valence-electron chi connectivity index (χ1n) is 9.95. The first-order valence-corrected chi connectivity index (χ1v) is 9.95. The van der Waals surface area contributed by atoms with Crippen molar-refractivity contribution < 1.29 is 9.59 Å². The highest BCUT2D eigenvalue weighted by Gasteiger charge is 2.56. The fraction of sp³-hybridized carbons (Fsp3) is 0.391. The normalized spacial score (nSPS) is 14.3. The molecule has 0 aromatic heterocycles. The van der Waals surface area contributed by atoms with Crippen LogP contribution in [0.2, 0.25) is 0 Å². The van der Waals surface area contributed by atoms with E-state index < -0.39 is 5.41 Å². The number of amides is 2. The molecule has 5 heteroatoms. The second-order valence-corrected chi connectivity index (χ2v) is 7.53. The van der Waals surface area contributed by atoms with Crippen LogP contribution in [0, 0.1) is 19.3 Å². The monoisotopic (exact) mass is 379 g/mol. The number of nitrogens with one attached hydrogen (secondary N) is 2. The highest BCUT2D eigenvalue weighted by Crippen LogP contribution is 2.47. The second kappa shape index (κ2) is 8.05. The fourth-order valence-corrected chi connectivity index (χ4v) is 3.39. The van der Waals surface area contributed by atoms with Crippen LogP contribution in [-0.2, 0) is 9.59 Å². The molecule has 0 heterocycles. The van der Waals surface area contributed by atoms with Gasteiger partial charge in [0, 0.05) is 30.2 Å². The van der Waals surface area contributed by atoms with Crippen molar-refractivity contribution in [2.45, 2.75) is 40.5 Å². The maximum atomic E-state index is 12.8. The molecule has 28 heavy (non-hydrogen) atoms. The van der Waals surface area contributed by atoms with Crippen LogP contribution in [0.15, 0.2) is 42.5 Å². The van der Waals surface area contributed by atoms with E-state index in [4.69, 9.17) is 0 Å². The number of nitrogens with zero attached hydrogens (tertiary/aromatic N) is 1. The van der Waals surface area contributed by atoms with Crippen molar-refractivity contribution >= 4 is 28.9 Å². The minimum Gasteiger partial charge on any atom is -0.372 e. The Kier molecular flexibility index (Phi) is 5.73. The van der Waals surface area contributed by atoms with Gasteiger partial charge in [0.1, 0.15) is 5.41 Å². The van der Waals surface area contributed by atoms with E-state index in [-0.39, 0.29) is 11.8 Å². The molecule has 2 amide bonds. The molecule has 0 saturated heterocycles. The Hall–Kier alpha value is -2.82. The van der Waals surface area contributed by atoms with E-state index in [1.807, 2.05) is 56.3 Å². The Morgan fingerprint density at radius 1 is 0.929 bits per heavy atom. The van der Waals surface area contributed by atoms with Crippen molar-refractivity contribution in [3.05, 3.63) is 53.6 Å². The van der Waals surface area contributed by atoms with E-state index in [2.05, 4.69) is 29.4 Å². The van der Waals surface area contributed by atoms with Crippen LogP contribution < -0.4 is 15.5 Å². The Morgan fingerprint density at radius 2 is 1.54 bits per heavy atom. The van der Waals surface area contributed by atoms with Crippen molar-refractivity contribution in [1.29, 1.82) is 0 Å². The average Bonchev–Trinajstić information content (AvgIpc) is 3.49. The van der Waals surface area contributed by atoms with Gasteiger partial charge in [-0.3, -0.25) is 9.59 Å². The minimum absolute atomic E-state index is 0.224. The summed E-state index contributed by atoms with van der Waals surface area (Å²) in [5, 5.41) is 5.87. The molecular formula is C23H29N3O2. The fourth-order valence-electron chi connectivity index (χ4n) is 3.39. The summed E-state index contributed by atoms with van der Waals surface area (Å²) in [5.41, 5.74) is 3.70. The number of aryl methyl sites for hydroxylation is 2. The third-order valence-electron chi connectivity index (χ3n) is 5.51. The molecule has 0 spiro atoms. The molecule has 1 fully saturated rings. The van der Waals surface area contributed by atoms with Gasteiger partial charge in [0.05, 0.1) is 0 Å². The Bertz CT molecular complexity index is 866. The maximum Gasteiger partial charge on any atom is 0.240 e. The number of anilines is 3. The van der Waals surface area contributed by atoms with Crippen molar-refractivity contribution in [3.63, 3.8) is 0 Å². The van der Waals surface area contributed by atoms with Crippen LogP contribution in [0.5, 0.6) is 0 Å². The molecule has 0 radical (unpaired) electrons. The summed E-state index contributed by atoms with van der Waals surface area (Å²) in [6.07, 6.45) is 1.15. The lowest BCUT2D eigenvalue weighted by Crippen LogP contribution is -2.35. The SMILES string of the molecule is CCN(CC)c1ccc(NC(=O)C2(C(=O)Nc3cc(C)ccc3C)CC2)cc1. The van der Waals surface area contributed by atoms with Gasteiger partial charge < -0.3 is 15.5 Å². The number of rotatable bonds is 7. The predicted octanol–water partition coefficient (Wildman–Crippen LogP) is 4.51. The lowest BCUT2D eigenvalue weighted by Gasteiger charge is -2.21. The van der Waals surface area contributed by atoms with Gasteiger partial charge in [-0.2, -0.15) is 0 Å². The van der Waals surface area contributed by atoms with Crippen molar-refractivity contribution in [2.24, 2.45) is 5.41 Å². The summed E-state index contributed by atoms with van der Waals surface area (Å²) in [6.45, 7) is 10.0. The molecule has 5 nitrogen and oxygen atoms in total. The highest BCUT2D eigenvalue weighted by atomic mass is 16.2. The largest absolute Gasteiger partial charge is 0.372 e. The number of carbonyl (C=O) groups is 2. The van der Waals surface area contributed by atoms with E-state index in [0.717, 1.165) is 35.6 Å². The van der Waals surface area contributed by atoms with E-state index in [0.29, 0.717) is 18.5 Å². The molecule has 0 unspecified atom stereocenters. The van der Waals surface area contributed by atoms with Gasteiger partial charge in [-0.1, -0.05) is 12.1 Å². The smallest absolute Gasteiger partial charge is 0.240 e. The van der Waals surface area contributed by atoms with Gasteiger partial charge >= 0.3 is 0 Å². The van der Waals surface area contributed by atoms with Gasteiger partial charge in [-0.15, -0.1) is 0 Å². The van der Waals surface area contributed by atoms with Crippen LogP contribution in [-0.4, -0.2) is 24.9 Å². The van der Waals surface area contributed by atoms with E-state index in [1.165, 1.54) is 0 Å². The summed E-state index contributed by atoms with van der Waals surface area (Å²) < 4.78 is 0. The van der Waals surface area contributed by atoms with Gasteiger partial charge in [-0.25, -0.2) is 0 Å². The molecule has 0 aliphatic heterocycles. The Balaban J connectivity index is 1.68. The second-order valence-electron chi connectivity index (χ2n) is 7.53. The zero-order valence-electron chi connectivity index (χ0n) is 17.1.